The Balaban J connectivity index is 2.65. The largest absolute Gasteiger partial charge is 0.384 e. The summed E-state index contributed by atoms with van der Waals surface area (Å²) in [7, 11) is 0. The molecular weight excluding hydrogens is 202 g/mol. The molecule has 1 aliphatic rings. The van der Waals surface area contributed by atoms with Crippen LogP contribution in [0.3, 0.4) is 0 Å². The van der Waals surface area contributed by atoms with E-state index in [4.69, 9.17) is 11.1 Å². The normalized spacial score (nSPS) is 13.8. The number of fused-ring (bicyclic) bond motifs is 1. The third-order valence-corrected chi connectivity index (χ3v) is 3.09. The number of aryl methyl sites for hydroxylation is 1. The Morgan fingerprint density at radius 2 is 2.31 bits per heavy atom. The predicted molar refractivity (Wildman–Crippen MR) is 64.0 cm³/mol. The van der Waals surface area contributed by atoms with Crippen molar-refractivity contribution in [1.82, 2.24) is 4.57 Å². The Bertz CT molecular complexity index is 488. The molecule has 2 rings (SSSR count). The van der Waals surface area contributed by atoms with Gasteiger partial charge in [-0.2, -0.15) is 0 Å². The molecule has 0 aliphatic heterocycles. The molecule has 1 aliphatic carbocycles. The van der Waals surface area contributed by atoms with Gasteiger partial charge in [0.1, 0.15) is 5.84 Å². The molecule has 0 saturated carbocycles. The molecule has 4 nitrogen and oxygen atoms in total. The first-order chi connectivity index (χ1) is 7.65. The van der Waals surface area contributed by atoms with Crippen molar-refractivity contribution >= 4 is 5.84 Å². The fourth-order valence-corrected chi connectivity index (χ4v) is 2.37. The van der Waals surface area contributed by atoms with Gasteiger partial charge in [-0.25, -0.2) is 0 Å². The first-order valence-electron chi connectivity index (χ1n) is 5.75. The zero-order valence-corrected chi connectivity index (χ0v) is 9.55. The van der Waals surface area contributed by atoms with Crippen molar-refractivity contribution in [3.05, 3.63) is 33.2 Å². The third kappa shape index (κ3) is 1.64. The summed E-state index contributed by atoms with van der Waals surface area (Å²) in [6.07, 6.45) is 4.00. The van der Waals surface area contributed by atoms with Crippen molar-refractivity contribution in [2.75, 3.05) is 0 Å². The number of nitrogens with zero attached hydrogens (tertiary/aromatic N) is 1. The van der Waals surface area contributed by atoms with Crippen LogP contribution in [0, 0.1) is 5.41 Å². The molecule has 86 valence electrons. The summed E-state index contributed by atoms with van der Waals surface area (Å²) < 4.78 is 1.80. The molecule has 4 heteroatoms. The van der Waals surface area contributed by atoms with E-state index in [-0.39, 0.29) is 11.4 Å². The molecule has 0 unspecified atom stereocenters. The SMILES string of the molecule is CCCn1c2c(cc(C(=N)N)c1=O)CCC2. The lowest BCUT2D eigenvalue weighted by molar-refractivity contribution is 0.622. The Kier molecular flexibility index (Phi) is 2.81. The summed E-state index contributed by atoms with van der Waals surface area (Å²) in [6.45, 7) is 2.77. The molecule has 0 saturated heterocycles. The molecule has 0 aromatic carbocycles. The summed E-state index contributed by atoms with van der Waals surface area (Å²) in [5, 5.41) is 7.43. The minimum Gasteiger partial charge on any atom is -0.384 e. The average Bonchev–Trinajstić information content (AvgIpc) is 2.69. The first kappa shape index (κ1) is 10.9. The van der Waals surface area contributed by atoms with Gasteiger partial charge in [0.15, 0.2) is 0 Å². The highest BCUT2D eigenvalue weighted by Crippen LogP contribution is 2.21. The predicted octanol–water partition coefficient (Wildman–Crippen LogP) is 1.03. The van der Waals surface area contributed by atoms with Gasteiger partial charge in [0.2, 0.25) is 0 Å². The van der Waals surface area contributed by atoms with Gasteiger partial charge in [0.05, 0.1) is 5.56 Å². The molecule has 1 aromatic heterocycles. The number of amidine groups is 1. The van der Waals surface area contributed by atoms with Crippen LogP contribution in [0.25, 0.3) is 0 Å². The molecule has 0 spiro atoms. The highest BCUT2D eigenvalue weighted by atomic mass is 16.1. The van der Waals surface area contributed by atoms with E-state index < -0.39 is 0 Å². The standard InChI is InChI=1S/C12H17N3O/c1-2-6-15-10-5-3-4-8(10)7-9(11(13)14)12(15)16/h7H,2-6H2,1H3,(H3,13,14). The quantitative estimate of drug-likeness (QED) is 0.588. The summed E-state index contributed by atoms with van der Waals surface area (Å²) in [6, 6.07) is 1.80. The van der Waals surface area contributed by atoms with Gasteiger partial charge in [-0.15, -0.1) is 0 Å². The second kappa shape index (κ2) is 4.12. The van der Waals surface area contributed by atoms with E-state index in [1.165, 1.54) is 5.56 Å². The number of pyridine rings is 1. The molecule has 0 fully saturated rings. The van der Waals surface area contributed by atoms with E-state index >= 15 is 0 Å². The molecule has 3 N–H and O–H groups in total. The van der Waals surface area contributed by atoms with Crippen LogP contribution in [0.5, 0.6) is 0 Å². The maximum atomic E-state index is 12.1. The Morgan fingerprint density at radius 1 is 1.56 bits per heavy atom. The third-order valence-electron chi connectivity index (χ3n) is 3.09. The number of aromatic nitrogens is 1. The smallest absolute Gasteiger partial charge is 0.261 e. The fraction of sp³-hybridized carbons (Fsp3) is 0.500. The van der Waals surface area contributed by atoms with Crippen LogP contribution >= 0.6 is 0 Å². The molecule has 0 atom stereocenters. The topological polar surface area (TPSA) is 71.9 Å². The Hall–Kier alpha value is -1.58. The van der Waals surface area contributed by atoms with E-state index in [0.29, 0.717) is 5.56 Å². The van der Waals surface area contributed by atoms with Crippen LogP contribution in [0.1, 0.15) is 36.6 Å². The first-order valence-corrected chi connectivity index (χ1v) is 5.75. The van der Waals surface area contributed by atoms with Gasteiger partial charge in [0, 0.05) is 12.2 Å². The van der Waals surface area contributed by atoms with Gasteiger partial charge < -0.3 is 10.3 Å². The number of hydrogen-bond acceptors (Lipinski definition) is 2. The fourth-order valence-electron chi connectivity index (χ4n) is 2.37. The molecule has 0 amide bonds. The van der Waals surface area contributed by atoms with E-state index in [9.17, 15) is 4.79 Å². The lowest BCUT2D eigenvalue weighted by atomic mass is 10.1. The summed E-state index contributed by atoms with van der Waals surface area (Å²) >= 11 is 0. The highest BCUT2D eigenvalue weighted by molar-refractivity contribution is 5.94. The molecular formula is C12H17N3O. The second-order valence-electron chi connectivity index (χ2n) is 4.25. The monoisotopic (exact) mass is 219 g/mol. The Labute approximate surface area is 94.6 Å². The van der Waals surface area contributed by atoms with Crippen molar-refractivity contribution in [3.8, 4) is 0 Å². The number of nitrogens with one attached hydrogen (secondary N) is 1. The van der Waals surface area contributed by atoms with Gasteiger partial charge in [-0.05, 0) is 37.3 Å². The van der Waals surface area contributed by atoms with Gasteiger partial charge >= 0.3 is 0 Å². The van der Waals surface area contributed by atoms with Crippen LogP contribution < -0.4 is 11.3 Å². The lowest BCUT2D eigenvalue weighted by Crippen LogP contribution is -2.31. The Morgan fingerprint density at radius 3 is 2.94 bits per heavy atom. The van der Waals surface area contributed by atoms with E-state index in [1.807, 2.05) is 6.92 Å². The van der Waals surface area contributed by atoms with Crippen molar-refractivity contribution in [2.45, 2.75) is 39.2 Å². The molecule has 16 heavy (non-hydrogen) atoms. The van der Waals surface area contributed by atoms with Crippen LogP contribution in [0.4, 0.5) is 0 Å². The van der Waals surface area contributed by atoms with E-state index in [2.05, 4.69) is 0 Å². The van der Waals surface area contributed by atoms with Crippen LogP contribution in [-0.4, -0.2) is 10.4 Å². The molecule has 0 radical (unpaired) electrons. The zero-order valence-electron chi connectivity index (χ0n) is 9.55. The van der Waals surface area contributed by atoms with Crippen molar-refractivity contribution in [2.24, 2.45) is 5.73 Å². The summed E-state index contributed by atoms with van der Waals surface area (Å²) in [4.78, 5) is 12.1. The zero-order chi connectivity index (χ0) is 11.7. The van der Waals surface area contributed by atoms with Gasteiger partial charge in [-0.1, -0.05) is 6.92 Å². The number of hydrogen-bond donors (Lipinski definition) is 2. The van der Waals surface area contributed by atoms with Crippen molar-refractivity contribution in [1.29, 1.82) is 5.41 Å². The minimum atomic E-state index is -0.121. The maximum Gasteiger partial charge on any atom is 0.261 e. The summed E-state index contributed by atoms with van der Waals surface area (Å²) in [5.74, 6) is -0.121. The minimum absolute atomic E-state index is 0.102. The lowest BCUT2D eigenvalue weighted by Gasteiger charge is -2.13. The van der Waals surface area contributed by atoms with Gasteiger partial charge in [0.25, 0.3) is 5.56 Å². The van der Waals surface area contributed by atoms with Crippen molar-refractivity contribution in [3.63, 3.8) is 0 Å². The summed E-state index contributed by atoms with van der Waals surface area (Å²) in [5.41, 5.74) is 8.04. The molecule has 1 aromatic rings. The number of rotatable bonds is 3. The molecule has 1 heterocycles. The maximum absolute atomic E-state index is 12.1. The highest BCUT2D eigenvalue weighted by Gasteiger charge is 2.19. The van der Waals surface area contributed by atoms with Crippen LogP contribution in [0.15, 0.2) is 10.9 Å². The van der Waals surface area contributed by atoms with Gasteiger partial charge in [-0.3, -0.25) is 10.2 Å². The van der Waals surface area contributed by atoms with Crippen LogP contribution in [-0.2, 0) is 19.4 Å². The molecule has 0 bridgehead atoms. The second-order valence-corrected chi connectivity index (χ2v) is 4.25. The number of nitrogens with two attached hydrogens (primary N) is 1. The van der Waals surface area contributed by atoms with Crippen molar-refractivity contribution < 1.29 is 0 Å². The van der Waals surface area contributed by atoms with E-state index in [0.717, 1.165) is 37.9 Å². The average molecular weight is 219 g/mol. The van der Waals surface area contributed by atoms with Crippen LogP contribution in [0.2, 0.25) is 0 Å². The van der Waals surface area contributed by atoms with E-state index in [1.54, 1.807) is 10.6 Å². The number of nitrogen functional groups attached to an aromatic ring is 1.